The first-order chi connectivity index (χ1) is 17.5. The summed E-state index contributed by atoms with van der Waals surface area (Å²) in [5.41, 5.74) is 1.28. The number of carbonyl (C=O) groups excluding carboxylic acids is 2. The van der Waals surface area contributed by atoms with Crippen LogP contribution in [0.15, 0.2) is 30.4 Å². The van der Waals surface area contributed by atoms with Crippen LogP contribution in [0.2, 0.25) is 0 Å². The molecule has 0 aliphatic carbocycles. The van der Waals surface area contributed by atoms with Crippen LogP contribution in [-0.2, 0) is 30.2 Å². The van der Waals surface area contributed by atoms with Gasteiger partial charge in [-0.15, -0.1) is 0 Å². The molecule has 0 unspecified atom stereocenters. The van der Waals surface area contributed by atoms with Crippen LogP contribution in [0.25, 0.3) is 0 Å². The molecule has 0 fully saturated rings. The van der Waals surface area contributed by atoms with E-state index in [2.05, 4.69) is 26.0 Å². The number of methoxy groups -OCH3 is 2. The number of cyclic esters (lactones) is 1. The Morgan fingerprint density at radius 1 is 1.11 bits per heavy atom. The molecule has 1 aliphatic rings. The summed E-state index contributed by atoms with van der Waals surface area (Å²) in [4.78, 5) is 25.5. The highest BCUT2D eigenvalue weighted by Gasteiger charge is 2.28. The minimum Gasteiger partial charge on any atom is -0.496 e. The van der Waals surface area contributed by atoms with Crippen LogP contribution in [0.5, 0.6) is 5.75 Å². The minimum atomic E-state index is -0.486. The van der Waals surface area contributed by atoms with E-state index < -0.39 is 12.1 Å². The van der Waals surface area contributed by atoms with E-state index in [4.69, 9.17) is 23.7 Å². The number of hydrogen-bond donors (Lipinski definition) is 0. The number of ether oxygens (including phenoxy) is 5. The zero-order chi connectivity index (χ0) is 26.2. The Labute approximate surface area is 216 Å². The Hall–Kier alpha value is -2.38. The molecule has 7 heteroatoms. The summed E-state index contributed by atoms with van der Waals surface area (Å²) in [6.07, 6.45) is 11.6. The van der Waals surface area contributed by atoms with E-state index in [1.165, 1.54) is 12.8 Å². The van der Waals surface area contributed by atoms with Gasteiger partial charge < -0.3 is 23.7 Å². The highest BCUT2D eigenvalue weighted by molar-refractivity contribution is 5.94. The van der Waals surface area contributed by atoms with Crippen LogP contribution in [-0.4, -0.2) is 51.8 Å². The first-order valence-electron chi connectivity index (χ1n) is 13.3. The lowest BCUT2D eigenvalue weighted by Crippen LogP contribution is -2.32. The molecule has 1 aromatic carbocycles. The lowest BCUT2D eigenvalue weighted by atomic mass is 9.93. The van der Waals surface area contributed by atoms with Crippen LogP contribution < -0.4 is 4.74 Å². The first-order valence-corrected chi connectivity index (χ1v) is 13.3. The Bertz CT molecular complexity index is 820. The van der Waals surface area contributed by atoms with Crippen molar-refractivity contribution < 1.29 is 33.3 Å². The molecule has 7 nitrogen and oxygen atoms in total. The monoisotopic (exact) mass is 504 g/mol. The summed E-state index contributed by atoms with van der Waals surface area (Å²) in [5, 5.41) is 0. The molecule has 2 rings (SSSR count). The zero-order valence-electron chi connectivity index (χ0n) is 22.5. The van der Waals surface area contributed by atoms with Crippen molar-refractivity contribution in [3.63, 3.8) is 0 Å². The lowest BCUT2D eigenvalue weighted by Gasteiger charge is -2.28. The Kier molecular flexibility index (Phi) is 14.2. The number of carbonyl (C=O) groups is 2. The fourth-order valence-electron chi connectivity index (χ4n) is 4.39. The fraction of sp³-hybridized carbons (Fsp3) is 0.655. The first kappa shape index (κ1) is 29.8. The second-order valence-electron chi connectivity index (χ2n) is 9.43. The maximum absolute atomic E-state index is 13.3. The summed E-state index contributed by atoms with van der Waals surface area (Å²) in [6.45, 7) is 4.63. The third-order valence-corrected chi connectivity index (χ3v) is 6.54. The van der Waals surface area contributed by atoms with Gasteiger partial charge >= 0.3 is 11.9 Å². The van der Waals surface area contributed by atoms with Gasteiger partial charge in [0.25, 0.3) is 0 Å². The zero-order valence-corrected chi connectivity index (χ0v) is 22.5. The molecule has 36 heavy (non-hydrogen) atoms. The SMILES string of the molecule is CCCCCCCC(=O)OCC[C@H]1C[C@@H](OCOC)[C@@H](C)CC=CCc2cccc(OC)c2C(=O)O1. The van der Waals surface area contributed by atoms with Gasteiger partial charge in [0.05, 0.1) is 19.8 Å². The quantitative estimate of drug-likeness (QED) is 0.140. The van der Waals surface area contributed by atoms with Crippen molar-refractivity contribution in [3.05, 3.63) is 41.5 Å². The predicted octanol–water partition coefficient (Wildman–Crippen LogP) is 6.03. The molecular weight excluding hydrogens is 460 g/mol. The average Bonchev–Trinajstić information content (AvgIpc) is 2.87. The van der Waals surface area contributed by atoms with Crippen molar-refractivity contribution >= 4 is 11.9 Å². The molecule has 0 amide bonds. The molecular formula is C29H44O7. The number of benzene rings is 1. The Morgan fingerprint density at radius 3 is 2.67 bits per heavy atom. The molecule has 1 aromatic rings. The number of unbranched alkanes of at least 4 members (excludes halogenated alkanes) is 4. The van der Waals surface area contributed by atoms with Crippen LogP contribution in [0.1, 0.15) is 87.6 Å². The molecule has 0 bridgehead atoms. The highest BCUT2D eigenvalue weighted by atomic mass is 16.7. The van der Waals surface area contributed by atoms with E-state index in [-0.39, 0.29) is 31.4 Å². The lowest BCUT2D eigenvalue weighted by molar-refractivity contribution is -0.144. The summed E-state index contributed by atoms with van der Waals surface area (Å²) in [7, 11) is 3.13. The van der Waals surface area contributed by atoms with Gasteiger partial charge in [-0.05, 0) is 36.8 Å². The summed E-state index contributed by atoms with van der Waals surface area (Å²) in [6, 6.07) is 5.56. The van der Waals surface area contributed by atoms with Gasteiger partial charge in [0.2, 0.25) is 0 Å². The van der Waals surface area contributed by atoms with Crippen molar-refractivity contribution in [2.75, 3.05) is 27.6 Å². The molecule has 0 aromatic heterocycles. The highest BCUT2D eigenvalue weighted by Crippen LogP contribution is 2.28. The topological polar surface area (TPSA) is 80.3 Å². The third-order valence-electron chi connectivity index (χ3n) is 6.54. The summed E-state index contributed by atoms with van der Waals surface area (Å²) < 4.78 is 28.1. The van der Waals surface area contributed by atoms with Crippen molar-refractivity contribution in [1.82, 2.24) is 0 Å². The summed E-state index contributed by atoms with van der Waals surface area (Å²) >= 11 is 0. The Balaban J connectivity index is 2.12. The average molecular weight is 505 g/mol. The molecule has 1 aliphatic heterocycles. The van der Waals surface area contributed by atoms with Crippen molar-refractivity contribution in [1.29, 1.82) is 0 Å². The predicted molar refractivity (Wildman–Crippen MR) is 139 cm³/mol. The van der Waals surface area contributed by atoms with Gasteiger partial charge in [0.15, 0.2) is 0 Å². The molecule has 0 spiro atoms. The number of fused-ring (bicyclic) bond motifs is 1. The third kappa shape index (κ3) is 10.3. The van der Waals surface area contributed by atoms with E-state index >= 15 is 0 Å². The fourth-order valence-corrected chi connectivity index (χ4v) is 4.39. The number of esters is 2. The van der Waals surface area contributed by atoms with Gasteiger partial charge in [-0.25, -0.2) is 4.79 Å². The van der Waals surface area contributed by atoms with Crippen molar-refractivity contribution in [3.8, 4) is 5.75 Å². The largest absolute Gasteiger partial charge is 0.496 e. The molecule has 0 radical (unpaired) electrons. The van der Waals surface area contributed by atoms with Crippen LogP contribution >= 0.6 is 0 Å². The van der Waals surface area contributed by atoms with E-state index in [1.807, 2.05) is 12.1 Å². The summed E-state index contributed by atoms with van der Waals surface area (Å²) in [5.74, 6) is 0.0229. The van der Waals surface area contributed by atoms with Gasteiger partial charge in [0.1, 0.15) is 24.2 Å². The second kappa shape index (κ2) is 17.1. The minimum absolute atomic E-state index is 0.156. The van der Waals surface area contributed by atoms with Crippen LogP contribution in [0.3, 0.4) is 0 Å². The number of hydrogen-bond acceptors (Lipinski definition) is 7. The maximum Gasteiger partial charge on any atom is 0.342 e. The van der Waals surface area contributed by atoms with E-state index in [0.717, 1.165) is 31.2 Å². The van der Waals surface area contributed by atoms with E-state index in [0.29, 0.717) is 37.0 Å². The van der Waals surface area contributed by atoms with E-state index in [1.54, 1.807) is 20.3 Å². The molecule has 202 valence electrons. The van der Waals surface area contributed by atoms with Gasteiger partial charge in [0, 0.05) is 26.4 Å². The standard InChI is InChI=1S/C29H44O7/c1-5-6-7-8-9-17-27(30)34-19-18-24-20-26(35-21-32-3)22(2)13-10-11-14-23-15-12-16-25(33-4)28(23)29(31)36-24/h10-12,15-16,22,24,26H,5-9,13-14,17-21H2,1-4H3/t22-,24-,26+/m0/s1. The van der Waals surface area contributed by atoms with Crippen LogP contribution in [0, 0.1) is 5.92 Å². The van der Waals surface area contributed by atoms with Crippen molar-refractivity contribution in [2.45, 2.75) is 90.3 Å². The molecule has 0 saturated heterocycles. The van der Waals surface area contributed by atoms with E-state index in [9.17, 15) is 9.59 Å². The number of allylic oxidation sites excluding steroid dienone is 2. The van der Waals surface area contributed by atoms with Crippen molar-refractivity contribution in [2.24, 2.45) is 5.92 Å². The smallest absolute Gasteiger partial charge is 0.342 e. The molecule has 0 saturated carbocycles. The number of rotatable bonds is 13. The van der Waals surface area contributed by atoms with Gasteiger partial charge in [-0.3, -0.25) is 4.79 Å². The molecule has 0 N–H and O–H groups in total. The molecule has 1 heterocycles. The maximum atomic E-state index is 13.3. The normalized spacial score (nSPS) is 20.6. The van der Waals surface area contributed by atoms with Crippen LogP contribution in [0.4, 0.5) is 0 Å². The van der Waals surface area contributed by atoms with Gasteiger partial charge in [-0.2, -0.15) is 0 Å². The molecule has 3 atom stereocenters. The second-order valence-corrected chi connectivity index (χ2v) is 9.43. The Morgan fingerprint density at radius 2 is 1.92 bits per heavy atom. The van der Waals surface area contributed by atoms with Gasteiger partial charge in [-0.1, -0.05) is 63.8 Å².